The highest BCUT2D eigenvalue weighted by Crippen LogP contribution is 2.40. The molecule has 2 aromatic rings. The number of nitrogens with zero attached hydrogens (tertiary/aromatic N) is 3. The predicted octanol–water partition coefficient (Wildman–Crippen LogP) is 3.05. The van der Waals surface area contributed by atoms with Crippen molar-refractivity contribution < 1.29 is 13.2 Å². The van der Waals surface area contributed by atoms with Crippen LogP contribution in [-0.2, 0) is 6.18 Å². The van der Waals surface area contributed by atoms with Crippen LogP contribution in [0.2, 0.25) is 0 Å². The number of aromatic nitrogens is 3. The van der Waals surface area contributed by atoms with Gasteiger partial charge in [-0.2, -0.15) is 22.8 Å². The summed E-state index contributed by atoms with van der Waals surface area (Å²) in [6, 6.07) is 5.63. The second-order valence-corrected chi connectivity index (χ2v) is 5.02. The van der Waals surface area contributed by atoms with Crippen molar-refractivity contribution in [2.75, 3.05) is 5.73 Å². The van der Waals surface area contributed by atoms with E-state index in [0.717, 1.165) is 10.2 Å². The van der Waals surface area contributed by atoms with E-state index < -0.39 is 12.0 Å². The Labute approximate surface area is 113 Å². The normalized spacial score (nSPS) is 15.6. The standard InChI is InChI=1S/C13H13F3N4/c1-7-6-9(8-2-3-8)4-5-10(7)20-12(17)18-11(19-20)13(14,15)16/h4-6,8H,2-3H2,1H3,(H2,17,18,19). The third kappa shape index (κ3) is 2.23. The van der Waals surface area contributed by atoms with Gasteiger partial charge in [0.25, 0.3) is 5.82 Å². The predicted molar refractivity (Wildman–Crippen MR) is 67.5 cm³/mol. The monoisotopic (exact) mass is 282 g/mol. The second kappa shape index (κ2) is 4.22. The van der Waals surface area contributed by atoms with Crippen LogP contribution in [0.1, 0.15) is 35.7 Å². The summed E-state index contributed by atoms with van der Waals surface area (Å²) in [7, 11) is 0. The minimum Gasteiger partial charge on any atom is -0.368 e. The van der Waals surface area contributed by atoms with Crippen molar-refractivity contribution >= 4 is 5.95 Å². The molecule has 2 N–H and O–H groups in total. The number of nitrogen functional groups attached to an aromatic ring is 1. The molecule has 7 heteroatoms. The maximum atomic E-state index is 12.6. The van der Waals surface area contributed by atoms with Gasteiger partial charge < -0.3 is 5.73 Å². The average molecular weight is 282 g/mol. The van der Waals surface area contributed by atoms with Crippen LogP contribution in [0.15, 0.2) is 18.2 Å². The molecule has 106 valence electrons. The summed E-state index contributed by atoms with van der Waals surface area (Å²) in [5, 5.41) is 3.46. The molecule has 0 atom stereocenters. The minimum atomic E-state index is -4.60. The lowest BCUT2D eigenvalue weighted by Gasteiger charge is -2.08. The van der Waals surface area contributed by atoms with Crippen molar-refractivity contribution in [1.29, 1.82) is 0 Å². The fraction of sp³-hybridized carbons (Fsp3) is 0.385. The van der Waals surface area contributed by atoms with E-state index in [-0.39, 0.29) is 5.95 Å². The van der Waals surface area contributed by atoms with E-state index in [1.807, 2.05) is 19.1 Å². The Morgan fingerprint density at radius 1 is 1.30 bits per heavy atom. The van der Waals surface area contributed by atoms with Gasteiger partial charge >= 0.3 is 6.18 Å². The van der Waals surface area contributed by atoms with Crippen molar-refractivity contribution in [2.45, 2.75) is 31.9 Å². The van der Waals surface area contributed by atoms with Crippen LogP contribution in [0, 0.1) is 6.92 Å². The SMILES string of the molecule is Cc1cc(C2CC2)ccc1-n1nc(C(F)(F)F)nc1N. The molecule has 0 radical (unpaired) electrons. The molecule has 0 amide bonds. The molecule has 1 saturated carbocycles. The number of anilines is 1. The molecule has 0 unspecified atom stereocenters. The molecule has 0 aliphatic heterocycles. The quantitative estimate of drug-likeness (QED) is 0.921. The second-order valence-electron chi connectivity index (χ2n) is 5.02. The van der Waals surface area contributed by atoms with Crippen molar-refractivity contribution in [3.63, 3.8) is 0 Å². The molecule has 0 spiro atoms. The summed E-state index contributed by atoms with van der Waals surface area (Å²) in [6.45, 7) is 1.83. The van der Waals surface area contributed by atoms with Crippen molar-refractivity contribution in [3.05, 3.63) is 35.2 Å². The molecule has 1 aromatic heterocycles. The van der Waals surface area contributed by atoms with Gasteiger partial charge in [0, 0.05) is 0 Å². The Kier molecular flexibility index (Phi) is 2.74. The summed E-state index contributed by atoms with van der Waals surface area (Å²) in [5.41, 5.74) is 8.10. The first kappa shape index (κ1) is 13.0. The van der Waals surface area contributed by atoms with Gasteiger partial charge in [0.2, 0.25) is 5.95 Å². The smallest absolute Gasteiger partial charge is 0.368 e. The summed E-state index contributed by atoms with van der Waals surface area (Å²) in [4.78, 5) is 3.27. The zero-order valence-corrected chi connectivity index (χ0v) is 10.8. The van der Waals surface area contributed by atoms with Crippen LogP contribution >= 0.6 is 0 Å². The Hall–Kier alpha value is -2.05. The Morgan fingerprint density at radius 2 is 2.00 bits per heavy atom. The van der Waals surface area contributed by atoms with Crippen molar-refractivity contribution in [2.24, 2.45) is 0 Å². The number of halogens is 3. The van der Waals surface area contributed by atoms with E-state index in [0.29, 0.717) is 11.6 Å². The number of nitrogens with two attached hydrogens (primary N) is 1. The third-order valence-corrected chi connectivity index (χ3v) is 3.38. The summed E-state index contributed by atoms with van der Waals surface area (Å²) < 4.78 is 38.8. The molecular formula is C13H13F3N4. The number of hydrogen-bond acceptors (Lipinski definition) is 3. The Morgan fingerprint density at radius 3 is 2.50 bits per heavy atom. The maximum absolute atomic E-state index is 12.6. The van der Waals surface area contributed by atoms with E-state index in [1.165, 1.54) is 18.4 Å². The summed E-state index contributed by atoms with van der Waals surface area (Å²) in [5.74, 6) is -0.901. The van der Waals surface area contributed by atoms with Crippen LogP contribution in [-0.4, -0.2) is 14.8 Å². The molecule has 3 rings (SSSR count). The fourth-order valence-corrected chi connectivity index (χ4v) is 2.21. The third-order valence-electron chi connectivity index (χ3n) is 3.38. The summed E-state index contributed by atoms with van der Waals surface area (Å²) in [6.07, 6.45) is -2.26. The van der Waals surface area contributed by atoms with Crippen LogP contribution in [0.3, 0.4) is 0 Å². The highest BCUT2D eigenvalue weighted by molar-refractivity contribution is 5.47. The van der Waals surface area contributed by atoms with Gasteiger partial charge in [0.05, 0.1) is 5.69 Å². The maximum Gasteiger partial charge on any atom is 0.453 e. The largest absolute Gasteiger partial charge is 0.453 e. The van der Waals surface area contributed by atoms with E-state index in [9.17, 15) is 13.2 Å². The van der Waals surface area contributed by atoms with E-state index in [2.05, 4.69) is 10.1 Å². The number of rotatable bonds is 2. The topological polar surface area (TPSA) is 56.7 Å². The molecule has 1 heterocycles. The number of alkyl halides is 3. The number of aryl methyl sites for hydroxylation is 1. The molecule has 1 aliphatic rings. The van der Waals surface area contributed by atoms with Crippen LogP contribution in [0.25, 0.3) is 5.69 Å². The van der Waals surface area contributed by atoms with Gasteiger partial charge in [-0.25, -0.2) is 0 Å². The van der Waals surface area contributed by atoms with Gasteiger partial charge in [0.15, 0.2) is 0 Å². The van der Waals surface area contributed by atoms with Crippen LogP contribution in [0.4, 0.5) is 19.1 Å². The highest BCUT2D eigenvalue weighted by atomic mass is 19.4. The van der Waals surface area contributed by atoms with Crippen molar-refractivity contribution in [1.82, 2.24) is 14.8 Å². The highest BCUT2D eigenvalue weighted by Gasteiger charge is 2.37. The van der Waals surface area contributed by atoms with Gasteiger partial charge in [-0.3, -0.25) is 0 Å². The lowest BCUT2D eigenvalue weighted by atomic mass is 10.1. The van der Waals surface area contributed by atoms with Crippen LogP contribution in [0.5, 0.6) is 0 Å². The molecule has 1 aliphatic carbocycles. The van der Waals surface area contributed by atoms with Gasteiger partial charge in [-0.15, -0.1) is 5.10 Å². The van der Waals surface area contributed by atoms with Crippen LogP contribution < -0.4 is 5.73 Å². The first-order valence-corrected chi connectivity index (χ1v) is 6.27. The molecule has 0 saturated heterocycles. The molecule has 1 fully saturated rings. The molecule has 1 aromatic carbocycles. The van der Waals surface area contributed by atoms with Gasteiger partial charge in [-0.1, -0.05) is 12.1 Å². The Bertz CT molecular complexity index is 656. The van der Waals surface area contributed by atoms with Crippen molar-refractivity contribution in [3.8, 4) is 5.69 Å². The van der Waals surface area contributed by atoms with E-state index >= 15 is 0 Å². The number of hydrogen-bond donors (Lipinski definition) is 1. The molecule has 20 heavy (non-hydrogen) atoms. The zero-order chi connectivity index (χ0) is 14.5. The summed E-state index contributed by atoms with van der Waals surface area (Å²) >= 11 is 0. The first-order valence-electron chi connectivity index (χ1n) is 6.27. The van der Waals surface area contributed by atoms with Gasteiger partial charge in [-0.05, 0) is 42.9 Å². The van der Waals surface area contributed by atoms with Gasteiger partial charge in [0.1, 0.15) is 0 Å². The van der Waals surface area contributed by atoms with E-state index in [4.69, 9.17) is 5.73 Å². The molecule has 0 bridgehead atoms. The molecule has 4 nitrogen and oxygen atoms in total. The lowest BCUT2D eigenvalue weighted by Crippen LogP contribution is -2.09. The molecular weight excluding hydrogens is 269 g/mol. The number of benzene rings is 1. The van der Waals surface area contributed by atoms with E-state index in [1.54, 1.807) is 6.07 Å². The fourth-order valence-electron chi connectivity index (χ4n) is 2.21. The average Bonchev–Trinajstić information content (AvgIpc) is 3.12. The zero-order valence-electron chi connectivity index (χ0n) is 10.8. The Balaban J connectivity index is 2.02. The first-order chi connectivity index (χ1) is 9.36. The minimum absolute atomic E-state index is 0.264. The lowest BCUT2D eigenvalue weighted by molar-refractivity contribution is -0.144.